The van der Waals surface area contributed by atoms with Crippen LogP contribution >= 0.6 is 11.8 Å². The van der Waals surface area contributed by atoms with Crippen molar-refractivity contribution in [2.24, 2.45) is 0 Å². The molecule has 1 saturated carbocycles. The zero-order chi connectivity index (χ0) is 15.6. The average molecular weight is 329 g/mol. The maximum Gasteiger partial charge on any atom is 0.191 e. The van der Waals surface area contributed by atoms with Gasteiger partial charge in [0, 0.05) is 18.3 Å². The van der Waals surface area contributed by atoms with E-state index in [0.717, 1.165) is 30.5 Å². The van der Waals surface area contributed by atoms with Crippen molar-refractivity contribution >= 4 is 11.8 Å². The second kappa shape index (κ2) is 6.65. The minimum atomic E-state index is 0.335. The van der Waals surface area contributed by atoms with Crippen LogP contribution in [0.5, 0.6) is 0 Å². The van der Waals surface area contributed by atoms with E-state index < -0.39 is 0 Å². The molecule has 1 atom stereocenters. The normalized spacial score (nSPS) is 21.0. The van der Waals surface area contributed by atoms with Gasteiger partial charge in [0.25, 0.3) is 0 Å². The Bertz CT molecular complexity index is 657. The van der Waals surface area contributed by atoms with Crippen molar-refractivity contribution in [2.75, 3.05) is 6.61 Å². The number of aromatic nitrogens is 3. The van der Waals surface area contributed by atoms with Gasteiger partial charge in [-0.1, -0.05) is 41.6 Å². The van der Waals surface area contributed by atoms with Crippen molar-refractivity contribution in [3.63, 3.8) is 0 Å². The van der Waals surface area contributed by atoms with Crippen molar-refractivity contribution in [3.05, 3.63) is 41.2 Å². The Labute approximate surface area is 141 Å². The fourth-order valence-corrected chi connectivity index (χ4v) is 3.96. The lowest BCUT2D eigenvalue weighted by molar-refractivity contribution is 0.0942. The first-order chi connectivity index (χ1) is 11.3. The van der Waals surface area contributed by atoms with Crippen LogP contribution in [0.15, 0.2) is 29.4 Å². The fourth-order valence-electron chi connectivity index (χ4n) is 3.05. The van der Waals surface area contributed by atoms with Crippen LogP contribution in [-0.2, 0) is 17.0 Å². The number of aryl methyl sites for hydroxylation is 1. The van der Waals surface area contributed by atoms with Gasteiger partial charge in [0.05, 0.1) is 12.6 Å². The lowest BCUT2D eigenvalue weighted by Gasteiger charge is -2.14. The summed E-state index contributed by atoms with van der Waals surface area (Å²) in [5, 5.41) is 10.0. The lowest BCUT2D eigenvalue weighted by Crippen LogP contribution is -2.17. The van der Waals surface area contributed by atoms with Crippen LogP contribution in [0.2, 0.25) is 0 Å². The van der Waals surface area contributed by atoms with Crippen molar-refractivity contribution in [1.82, 2.24) is 14.8 Å². The summed E-state index contributed by atoms with van der Waals surface area (Å²) in [4.78, 5) is 0. The van der Waals surface area contributed by atoms with Gasteiger partial charge in [0.2, 0.25) is 0 Å². The number of thioether (sulfide) groups is 1. The van der Waals surface area contributed by atoms with E-state index >= 15 is 0 Å². The van der Waals surface area contributed by atoms with Gasteiger partial charge in [0.1, 0.15) is 5.82 Å². The van der Waals surface area contributed by atoms with Crippen molar-refractivity contribution < 1.29 is 4.74 Å². The molecule has 0 N–H and O–H groups in total. The number of nitrogens with zero attached hydrogens (tertiary/aromatic N) is 3. The molecule has 4 nitrogen and oxygen atoms in total. The van der Waals surface area contributed by atoms with E-state index in [1.54, 1.807) is 11.8 Å². The average Bonchev–Trinajstić information content (AvgIpc) is 3.13. The molecule has 2 fully saturated rings. The molecule has 0 amide bonds. The molecule has 1 aliphatic carbocycles. The molecule has 122 valence electrons. The summed E-state index contributed by atoms with van der Waals surface area (Å²) in [6, 6.07) is 8.74. The Morgan fingerprint density at radius 1 is 1.17 bits per heavy atom. The fraction of sp³-hybridized carbons (Fsp3) is 0.556. The monoisotopic (exact) mass is 329 g/mol. The molecular formula is C18H23N3OS. The molecule has 5 heteroatoms. The Hall–Kier alpha value is -1.33. The first kappa shape index (κ1) is 15.2. The summed E-state index contributed by atoms with van der Waals surface area (Å²) < 4.78 is 8.15. The maximum atomic E-state index is 5.83. The summed E-state index contributed by atoms with van der Waals surface area (Å²) in [7, 11) is 0. The van der Waals surface area contributed by atoms with Crippen LogP contribution in [0.25, 0.3) is 0 Å². The Morgan fingerprint density at radius 3 is 2.70 bits per heavy atom. The molecule has 1 unspecified atom stereocenters. The number of hydrogen-bond acceptors (Lipinski definition) is 4. The van der Waals surface area contributed by atoms with Crippen LogP contribution < -0.4 is 0 Å². The van der Waals surface area contributed by atoms with E-state index in [-0.39, 0.29) is 0 Å². The van der Waals surface area contributed by atoms with E-state index in [0.29, 0.717) is 12.0 Å². The van der Waals surface area contributed by atoms with Gasteiger partial charge < -0.3 is 9.30 Å². The quantitative estimate of drug-likeness (QED) is 0.753. The molecule has 2 aromatic rings. The molecule has 0 bridgehead atoms. The van der Waals surface area contributed by atoms with Crippen molar-refractivity contribution in [2.45, 2.75) is 62.1 Å². The van der Waals surface area contributed by atoms with Gasteiger partial charge in [-0.05, 0) is 38.2 Å². The number of benzene rings is 1. The van der Waals surface area contributed by atoms with Crippen molar-refractivity contribution in [3.8, 4) is 0 Å². The summed E-state index contributed by atoms with van der Waals surface area (Å²) in [6.45, 7) is 3.93. The highest BCUT2D eigenvalue weighted by Crippen LogP contribution is 2.40. The molecule has 23 heavy (non-hydrogen) atoms. The molecular weight excluding hydrogens is 306 g/mol. The maximum absolute atomic E-state index is 5.83. The third kappa shape index (κ3) is 3.61. The van der Waals surface area contributed by atoms with E-state index in [4.69, 9.17) is 4.74 Å². The van der Waals surface area contributed by atoms with Gasteiger partial charge in [-0.3, -0.25) is 0 Å². The Kier molecular flexibility index (Phi) is 4.40. The molecule has 4 rings (SSSR count). The first-order valence-electron chi connectivity index (χ1n) is 8.52. The molecule has 1 aromatic heterocycles. The number of ether oxygens (including phenoxy) is 1. The second-order valence-electron chi connectivity index (χ2n) is 6.63. The molecule has 2 aliphatic rings. The van der Waals surface area contributed by atoms with Crippen LogP contribution in [0.1, 0.15) is 48.6 Å². The molecule has 1 saturated heterocycles. The third-order valence-corrected chi connectivity index (χ3v) is 5.62. The van der Waals surface area contributed by atoms with Crippen LogP contribution in [-0.4, -0.2) is 27.5 Å². The molecule has 0 radical (unpaired) electrons. The smallest absolute Gasteiger partial charge is 0.191 e. The van der Waals surface area contributed by atoms with E-state index in [1.807, 2.05) is 0 Å². The van der Waals surface area contributed by atoms with Crippen LogP contribution in [0.4, 0.5) is 0 Å². The Balaban J connectivity index is 1.49. The summed E-state index contributed by atoms with van der Waals surface area (Å²) >= 11 is 1.79. The standard InChI is InChI=1S/C18H23N3OS/c1-13-4-6-14(7-5-13)12-23-18-20-19-17(15-8-9-15)21(18)11-16-3-2-10-22-16/h4-7,15-16H,2-3,8-12H2,1H3. The minimum Gasteiger partial charge on any atom is -0.376 e. The van der Waals surface area contributed by atoms with Crippen LogP contribution in [0.3, 0.4) is 0 Å². The second-order valence-corrected chi connectivity index (χ2v) is 7.58. The SMILES string of the molecule is Cc1ccc(CSc2nnc(C3CC3)n2CC2CCCO2)cc1. The summed E-state index contributed by atoms with van der Waals surface area (Å²) in [6.07, 6.45) is 5.18. The number of rotatable bonds is 6. The van der Waals surface area contributed by atoms with E-state index in [1.165, 1.54) is 36.2 Å². The van der Waals surface area contributed by atoms with Gasteiger partial charge >= 0.3 is 0 Å². The van der Waals surface area contributed by atoms with E-state index in [9.17, 15) is 0 Å². The summed E-state index contributed by atoms with van der Waals surface area (Å²) in [5.41, 5.74) is 2.64. The Morgan fingerprint density at radius 2 is 2.00 bits per heavy atom. The van der Waals surface area contributed by atoms with Gasteiger partial charge in [-0.15, -0.1) is 10.2 Å². The predicted octanol–water partition coefficient (Wildman–Crippen LogP) is 3.94. The van der Waals surface area contributed by atoms with Gasteiger partial charge in [0.15, 0.2) is 5.16 Å². The molecule has 0 spiro atoms. The first-order valence-corrected chi connectivity index (χ1v) is 9.51. The minimum absolute atomic E-state index is 0.335. The van der Waals surface area contributed by atoms with Crippen molar-refractivity contribution in [1.29, 1.82) is 0 Å². The number of hydrogen-bond donors (Lipinski definition) is 0. The lowest BCUT2D eigenvalue weighted by atomic mass is 10.2. The highest BCUT2D eigenvalue weighted by molar-refractivity contribution is 7.98. The topological polar surface area (TPSA) is 39.9 Å². The zero-order valence-electron chi connectivity index (χ0n) is 13.6. The molecule has 1 aromatic carbocycles. The predicted molar refractivity (Wildman–Crippen MR) is 91.7 cm³/mol. The van der Waals surface area contributed by atoms with E-state index in [2.05, 4.69) is 46.0 Å². The molecule has 2 heterocycles. The van der Waals surface area contributed by atoms with Gasteiger partial charge in [-0.25, -0.2) is 0 Å². The highest BCUT2D eigenvalue weighted by atomic mass is 32.2. The zero-order valence-corrected chi connectivity index (χ0v) is 14.4. The summed E-state index contributed by atoms with van der Waals surface area (Å²) in [5.74, 6) is 2.73. The van der Waals surface area contributed by atoms with Gasteiger partial charge in [-0.2, -0.15) is 0 Å². The van der Waals surface area contributed by atoms with Crippen LogP contribution in [0, 0.1) is 6.92 Å². The highest BCUT2D eigenvalue weighted by Gasteiger charge is 2.31. The largest absolute Gasteiger partial charge is 0.376 e. The third-order valence-electron chi connectivity index (χ3n) is 4.59. The molecule has 1 aliphatic heterocycles.